The van der Waals surface area contributed by atoms with Crippen LogP contribution in [0, 0.1) is 13.0 Å². The number of carbonyl (C=O) groups excluding carboxylic acids is 1. The second-order valence-corrected chi connectivity index (χ2v) is 6.04. The first kappa shape index (κ1) is 19.0. The first-order valence-electron chi connectivity index (χ1n) is 6.04. The van der Waals surface area contributed by atoms with E-state index < -0.39 is 13.0 Å². The number of aryl methyl sites for hydroxylation is 1. The van der Waals surface area contributed by atoms with Crippen LogP contribution in [-0.4, -0.2) is 32.8 Å². The predicted octanol–water partition coefficient (Wildman–Crippen LogP) is 3.14. The number of hydrogen-bond acceptors (Lipinski definition) is 2. The fourth-order valence-electron chi connectivity index (χ4n) is 2.12. The molecule has 1 amide bonds. The molecule has 1 aliphatic rings. The topological polar surface area (TPSA) is 40.5 Å². The van der Waals surface area contributed by atoms with Gasteiger partial charge in [0.05, 0.1) is 10.5 Å². The van der Waals surface area contributed by atoms with Crippen LogP contribution in [0.4, 0.5) is 8.78 Å². The van der Waals surface area contributed by atoms with Gasteiger partial charge in [-0.3, -0.25) is 4.79 Å². The largest absolute Gasteiger partial charge is 0.508 e. The van der Waals surface area contributed by atoms with Crippen molar-refractivity contribution in [2.45, 2.75) is 23.7 Å². The summed E-state index contributed by atoms with van der Waals surface area (Å²) < 4.78 is 25.0. The summed E-state index contributed by atoms with van der Waals surface area (Å²) in [5, 5.41) is 9.41. The molecule has 111 valence electrons. The zero-order chi connectivity index (χ0) is 14.9. The Morgan fingerprint density at radius 3 is 2.76 bits per heavy atom. The Bertz CT molecular complexity index is 566. The van der Waals surface area contributed by atoms with E-state index in [1.54, 1.807) is 13.0 Å². The zero-order valence-corrected chi connectivity index (χ0v) is 16.3. The first-order valence-corrected chi connectivity index (χ1v) is 7.29. The SMILES string of the molecule is Cc1cc(O)ccc1C1=[C-]CC(I)C(=O)N1CC(F)F.[Y]. The van der Waals surface area contributed by atoms with E-state index in [-0.39, 0.29) is 48.3 Å². The third-order valence-corrected chi connectivity index (χ3v) is 4.01. The molecule has 3 nitrogen and oxygen atoms in total. The summed E-state index contributed by atoms with van der Waals surface area (Å²) in [7, 11) is 0. The Labute approximate surface area is 160 Å². The number of alkyl halides is 3. The number of amides is 1. The first-order chi connectivity index (χ1) is 9.40. The van der Waals surface area contributed by atoms with Gasteiger partial charge < -0.3 is 10.0 Å². The van der Waals surface area contributed by atoms with Crippen LogP contribution in [0.1, 0.15) is 17.5 Å². The molecule has 0 saturated heterocycles. The zero-order valence-electron chi connectivity index (χ0n) is 11.3. The number of hydrogen-bond donors (Lipinski definition) is 1. The molecule has 0 aliphatic carbocycles. The molecule has 7 heteroatoms. The van der Waals surface area contributed by atoms with Gasteiger partial charge in [0.15, 0.2) is 0 Å². The third-order valence-electron chi connectivity index (χ3n) is 3.04. The number of rotatable bonds is 3. The van der Waals surface area contributed by atoms with Gasteiger partial charge in [-0.05, 0) is 12.1 Å². The number of allylic oxidation sites excluding steroid dienone is 1. The summed E-state index contributed by atoms with van der Waals surface area (Å²) in [6, 6.07) is 4.62. The van der Waals surface area contributed by atoms with Gasteiger partial charge in [0.2, 0.25) is 5.91 Å². The number of benzene rings is 1. The molecule has 0 aromatic heterocycles. The quantitative estimate of drug-likeness (QED) is 0.410. The van der Waals surface area contributed by atoms with Gasteiger partial charge in [-0.1, -0.05) is 35.9 Å². The van der Waals surface area contributed by atoms with Crippen LogP contribution in [0.5, 0.6) is 5.75 Å². The normalized spacial score (nSPS) is 18.5. The standard InChI is InChI=1S/C14H13F2INO2.Y/c1-8-6-9(19)2-3-10(8)12-5-4-11(17)14(20)18(12)7-13(15)16;/h2-3,6,11,13,19H,4,7H2,1H3;/q-1;. The van der Waals surface area contributed by atoms with E-state index >= 15 is 0 Å². The molecule has 0 spiro atoms. The van der Waals surface area contributed by atoms with E-state index in [1.165, 1.54) is 12.1 Å². The smallest absolute Gasteiger partial charge is 0.256 e. The van der Waals surface area contributed by atoms with Gasteiger partial charge in [0.1, 0.15) is 5.75 Å². The molecule has 1 atom stereocenters. The van der Waals surface area contributed by atoms with Gasteiger partial charge >= 0.3 is 0 Å². The minimum atomic E-state index is -2.60. The Morgan fingerprint density at radius 2 is 2.19 bits per heavy atom. The van der Waals surface area contributed by atoms with Crippen LogP contribution in [0.3, 0.4) is 0 Å². The second-order valence-electron chi connectivity index (χ2n) is 4.54. The average Bonchev–Trinajstić information content (AvgIpc) is 2.36. The number of phenolic OH excluding ortho intramolecular Hbond substituents is 1. The molecule has 1 aromatic rings. The molecule has 1 radical (unpaired) electrons. The van der Waals surface area contributed by atoms with Crippen LogP contribution in [-0.2, 0) is 37.5 Å². The van der Waals surface area contributed by atoms with Gasteiger partial charge in [-0.15, -0.1) is 22.9 Å². The van der Waals surface area contributed by atoms with Crippen molar-refractivity contribution >= 4 is 34.2 Å². The van der Waals surface area contributed by atoms with Gasteiger partial charge in [0, 0.05) is 32.7 Å². The summed E-state index contributed by atoms with van der Waals surface area (Å²) >= 11 is 1.94. The van der Waals surface area contributed by atoms with Crippen molar-refractivity contribution in [3.8, 4) is 5.75 Å². The molecular weight excluding hydrogens is 468 g/mol. The fraction of sp³-hybridized carbons (Fsp3) is 0.357. The van der Waals surface area contributed by atoms with Crippen molar-refractivity contribution in [3.63, 3.8) is 0 Å². The Hall–Kier alpha value is -0.0761. The van der Waals surface area contributed by atoms with E-state index in [4.69, 9.17) is 0 Å². The summed E-state index contributed by atoms with van der Waals surface area (Å²) in [5.41, 5.74) is 1.73. The maximum atomic E-state index is 12.7. The Morgan fingerprint density at radius 1 is 1.52 bits per heavy atom. The van der Waals surface area contributed by atoms with E-state index in [1.807, 2.05) is 22.6 Å². The molecule has 0 bridgehead atoms. The number of halogens is 3. The Kier molecular flexibility index (Phi) is 7.20. The van der Waals surface area contributed by atoms with Crippen molar-refractivity contribution in [3.05, 3.63) is 35.4 Å². The number of aromatic hydroxyl groups is 1. The number of carbonyl (C=O) groups is 1. The average molecular weight is 481 g/mol. The van der Waals surface area contributed by atoms with Crippen LogP contribution in [0.15, 0.2) is 18.2 Å². The molecule has 1 unspecified atom stereocenters. The third kappa shape index (κ3) is 4.45. The summed E-state index contributed by atoms with van der Waals surface area (Å²) in [6.07, 6.45) is 0.826. The van der Waals surface area contributed by atoms with E-state index in [0.717, 1.165) is 4.90 Å². The molecular formula is C14H13F2INO2Y-. The minimum Gasteiger partial charge on any atom is -0.508 e. The fourth-order valence-corrected chi connectivity index (χ4v) is 2.68. The van der Waals surface area contributed by atoms with Gasteiger partial charge in [0.25, 0.3) is 6.43 Å². The van der Waals surface area contributed by atoms with E-state index in [0.29, 0.717) is 23.2 Å². The molecule has 1 heterocycles. The van der Waals surface area contributed by atoms with Crippen molar-refractivity contribution in [2.75, 3.05) is 6.54 Å². The Balaban J connectivity index is 0.00000220. The van der Waals surface area contributed by atoms with E-state index in [2.05, 4.69) is 6.08 Å². The summed E-state index contributed by atoms with van der Waals surface area (Å²) in [4.78, 5) is 13.2. The minimum absolute atomic E-state index is 0. The maximum absolute atomic E-state index is 12.7. The maximum Gasteiger partial charge on any atom is 0.256 e. The van der Waals surface area contributed by atoms with Crippen LogP contribution >= 0.6 is 22.6 Å². The van der Waals surface area contributed by atoms with Crippen molar-refractivity contribution in [2.24, 2.45) is 0 Å². The summed E-state index contributed by atoms with van der Waals surface area (Å²) in [5.74, 6) is -0.228. The second kappa shape index (κ2) is 7.97. The molecule has 1 aliphatic heterocycles. The van der Waals surface area contributed by atoms with Crippen LogP contribution in [0.2, 0.25) is 0 Å². The van der Waals surface area contributed by atoms with Crippen molar-refractivity contribution in [1.82, 2.24) is 4.90 Å². The molecule has 0 saturated carbocycles. The predicted molar refractivity (Wildman–Crippen MR) is 79.6 cm³/mol. The molecule has 0 fully saturated rings. The molecule has 1 aromatic carbocycles. The van der Waals surface area contributed by atoms with Gasteiger partial charge in [-0.25, -0.2) is 14.9 Å². The monoisotopic (exact) mass is 481 g/mol. The van der Waals surface area contributed by atoms with Crippen molar-refractivity contribution < 1.29 is 51.4 Å². The van der Waals surface area contributed by atoms with Gasteiger partial charge in [-0.2, -0.15) is 0 Å². The van der Waals surface area contributed by atoms with Crippen LogP contribution < -0.4 is 0 Å². The molecule has 2 rings (SSSR count). The number of phenols is 1. The molecule has 21 heavy (non-hydrogen) atoms. The van der Waals surface area contributed by atoms with Crippen molar-refractivity contribution in [1.29, 1.82) is 0 Å². The van der Waals surface area contributed by atoms with E-state index in [9.17, 15) is 18.7 Å². The summed E-state index contributed by atoms with van der Waals surface area (Å²) in [6.45, 7) is 1.12. The van der Waals surface area contributed by atoms with Crippen LogP contribution in [0.25, 0.3) is 5.70 Å². The number of nitrogens with zero attached hydrogens (tertiary/aromatic N) is 1. The molecule has 1 N–H and O–H groups in total.